The van der Waals surface area contributed by atoms with Crippen LogP contribution in [0.4, 0.5) is 0 Å². The number of azide groups is 1. The van der Waals surface area contributed by atoms with Crippen LogP contribution in [-0.2, 0) is 14.3 Å². The van der Waals surface area contributed by atoms with Crippen molar-refractivity contribution in [2.75, 3.05) is 6.61 Å². The van der Waals surface area contributed by atoms with Gasteiger partial charge < -0.3 is 14.3 Å². The smallest absolute Gasteiger partial charge is 0.163 e. The maximum absolute atomic E-state index is 10.2. The van der Waals surface area contributed by atoms with Gasteiger partial charge in [-0.3, -0.25) is 0 Å². The van der Waals surface area contributed by atoms with E-state index in [4.69, 9.17) is 15.0 Å². The van der Waals surface area contributed by atoms with Gasteiger partial charge in [-0.25, -0.2) is 0 Å². The number of aldehydes is 1. The van der Waals surface area contributed by atoms with E-state index in [9.17, 15) is 4.79 Å². The SMILES string of the molecule is CC1(C)OC[C@H]([C@H](CCC=O)N=[N+]=[N-])O1. The summed E-state index contributed by atoms with van der Waals surface area (Å²) in [5, 5.41) is 3.63. The van der Waals surface area contributed by atoms with E-state index >= 15 is 0 Å². The Morgan fingerprint density at radius 1 is 1.73 bits per heavy atom. The van der Waals surface area contributed by atoms with Gasteiger partial charge in [0.15, 0.2) is 5.79 Å². The number of hydrogen-bond acceptors (Lipinski definition) is 4. The average Bonchev–Trinajstić information content (AvgIpc) is 2.53. The molecule has 1 rings (SSSR count). The maximum atomic E-state index is 10.2. The minimum Gasteiger partial charge on any atom is -0.348 e. The summed E-state index contributed by atoms with van der Waals surface area (Å²) in [4.78, 5) is 13.0. The molecule has 1 heterocycles. The van der Waals surface area contributed by atoms with E-state index < -0.39 is 5.79 Å². The second-order valence-corrected chi connectivity index (χ2v) is 3.88. The largest absolute Gasteiger partial charge is 0.348 e. The van der Waals surface area contributed by atoms with Crippen LogP contribution in [0.5, 0.6) is 0 Å². The molecule has 84 valence electrons. The molecule has 0 aromatic rings. The maximum Gasteiger partial charge on any atom is 0.163 e. The number of carbonyl (C=O) groups excluding carboxylic acids is 1. The minimum absolute atomic E-state index is 0.254. The molecule has 0 aromatic heterocycles. The van der Waals surface area contributed by atoms with Gasteiger partial charge in [-0.1, -0.05) is 5.11 Å². The van der Waals surface area contributed by atoms with Crippen molar-refractivity contribution in [3.05, 3.63) is 10.4 Å². The molecule has 0 amide bonds. The Morgan fingerprint density at radius 3 is 2.93 bits per heavy atom. The van der Waals surface area contributed by atoms with Crippen LogP contribution >= 0.6 is 0 Å². The van der Waals surface area contributed by atoms with Crippen molar-refractivity contribution in [2.45, 2.75) is 44.6 Å². The van der Waals surface area contributed by atoms with Crippen molar-refractivity contribution in [3.63, 3.8) is 0 Å². The lowest BCUT2D eigenvalue weighted by Gasteiger charge is -2.20. The first-order valence-electron chi connectivity index (χ1n) is 4.88. The van der Waals surface area contributed by atoms with Crippen LogP contribution in [0.25, 0.3) is 10.4 Å². The zero-order chi connectivity index (χ0) is 11.3. The number of hydrogen-bond donors (Lipinski definition) is 0. The fourth-order valence-corrected chi connectivity index (χ4v) is 1.53. The normalized spacial score (nSPS) is 25.6. The summed E-state index contributed by atoms with van der Waals surface area (Å²) < 4.78 is 10.9. The summed E-state index contributed by atoms with van der Waals surface area (Å²) in [6.07, 6.45) is 1.42. The Morgan fingerprint density at radius 2 is 2.47 bits per heavy atom. The van der Waals surface area contributed by atoms with Crippen molar-refractivity contribution in [1.29, 1.82) is 0 Å². The second kappa shape index (κ2) is 5.11. The van der Waals surface area contributed by atoms with Gasteiger partial charge in [-0.05, 0) is 25.8 Å². The van der Waals surface area contributed by atoms with Gasteiger partial charge >= 0.3 is 0 Å². The topological polar surface area (TPSA) is 84.3 Å². The van der Waals surface area contributed by atoms with Gasteiger partial charge in [0.05, 0.1) is 18.8 Å². The lowest BCUT2D eigenvalue weighted by molar-refractivity contribution is -0.140. The molecule has 0 unspecified atom stereocenters. The Kier molecular flexibility index (Phi) is 4.08. The lowest BCUT2D eigenvalue weighted by Crippen LogP contribution is -2.29. The van der Waals surface area contributed by atoms with Crippen LogP contribution in [0.2, 0.25) is 0 Å². The predicted octanol–water partition coefficient (Wildman–Crippen LogP) is 1.80. The van der Waals surface area contributed by atoms with Gasteiger partial charge in [0.2, 0.25) is 0 Å². The van der Waals surface area contributed by atoms with Crippen LogP contribution in [-0.4, -0.2) is 30.8 Å². The molecule has 1 aliphatic heterocycles. The molecule has 0 radical (unpaired) electrons. The highest BCUT2D eigenvalue weighted by atomic mass is 16.7. The van der Waals surface area contributed by atoms with Crippen molar-refractivity contribution in [2.24, 2.45) is 5.11 Å². The van der Waals surface area contributed by atoms with Crippen LogP contribution in [0.15, 0.2) is 5.11 Å². The molecule has 15 heavy (non-hydrogen) atoms. The van der Waals surface area contributed by atoms with Gasteiger partial charge in [0.25, 0.3) is 0 Å². The number of carbonyl (C=O) groups is 1. The van der Waals surface area contributed by atoms with Crippen LogP contribution < -0.4 is 0 Å². The highest BCUT2D eigenvalue weighted by Gasteiger charge is 2.36. The first-order chi connectivity index (χ1) is 7.09. The molecule has 6 heteroatoms. The molecule has 0 aliphatic carbocycles. The van der Waals surface area contributed by atoms with E-state index in [2.05, 4.69) is 10.0 Å². The first kappa shape index (κ1) is 12.0. The third kappa shape index (κ3) is 3.51. The highest BCUT2D eigenvalue weighted by molar-refractivity contribution is 5.49. The molecule has 1 saturated heterocycles. The van der Waals surface area contributed by atoms with Crippen molar-refractivity contribution in [3.8, 4) is 0 Å². The Hall–Kier alpha value is -1.10. The summed E-state index contributed by atoms with van der Waals surface area (Å²) in [6.45, 7) is 4.01. The molecule has 0 saturated carbocycles. The number of ether oxygens (including phenoxy) is 2. The Balaban J connectivity index is 2.57. The Labute approximate surface area is 88.2 Å². The van der Waals surface area contributed by atoms with Crippen LogP contribution in [0, 0.1) is 0 Å². The molecule has 0 N–H and O–H groups in total. The molecule has 0 aromatic carbocycles. The van der Waals surface area contributed by atoms with Crippen LogP contribution in [0.3, 0.4) is 0 Å². The summed E-state index contributed by atoms with van der Waals surface area (Å²) in [5.41, 5.74) is 8.40. The summed E-state index contributed by atoms with van der Waals surface area (Å²) in [6, 6.07) is -0.332. The van der Waals surface area contributed by atoms with Gasteiger partial charge in [0, 0.05) is 11.3 Å². The van der Waals surface area contributed by atoms with Crippen molar-refractivity contribution in [1.82, 2.24) is 0 Å². The summed E-state index contributed by atoms with van der Waals surface area (Å²) in [5.74, 6) is -0.630. The van der Waals surface area contributed by atoms with E-state index in [0.29, 0.717) is 19.4 Å². The monoisotopic (exact) mass is 213 g/mol. The van der Waals surface area contributed by atoms with Gasteiger partial charge in [-0.15, -0.1) is 0 Å². The fraction of sp³-hybridized carbons (Fsp3) is 0.889. The standard InChI is InChI=1S/C9H15N3O3/c1-9(2)14-6-8(15-9)7(11-12-10)4-3-5-13/h5,7-8H,3-4,6H2,1-2H3/t7-,8+/m0/s1. The minimum atomic E-state index is -0.630. The molecule has 2 atom stereocenters. The third-order valence-electron chi connectivity index (χ3n) is 2.24. The van der Waals surface area contributed by atoms with E-state index in [1.54, 1.807) is 13.8 Å². The van der Waals surface area contributed by atoms with Gasteiger partial charge in [0.1, 0.15) is 6.29 Å². The lowest BCUT2D eigenvalue weighted by atomic mass is 10.1. The summed E-state index contributed by atoms with van der Waals surface area (Å²) >= 11 is 0. The first-order valence-corrected chi connectivity index (χ1v) is 4.88. The van der Waals surface area contributed by atoms with E-state index in [-0.39, 0.29) is 12.1 Å². The van der Waals surface area contributed by atoms with Crippen LogP contribution in [0.1, 0.15) is 26.7 Å². The number of rotatable bonds is 5. The van der Waals surface area contributed by atoms with Gasteiger partial charge in [-0.2, -0.15) is 0 Å². The number of nitrogens with zero attached hydrogens (tertiary/aromatic N) is 3. The molecule has 0 spiro atoms. The predicted molar refractivity (Wildman–Crippen MR) is 53.1 cm³/mol. The molecular weight excluding hydrogens is 198 g/mol. The highest BCUT2D eigenvalue weighted by Crippen LogP contribution is 2.26. The zero-order valence-corrected chi connectivity index (χ0v) is 8.92. The molecule has 6 nitrogen and oxygen atoms in total. The Bertz CT molecular complexity index is 274. The second-order valence-electron chi connectivity index (χ2n) is 3.88. The quantitative estimate of drug-likeness (QED) is 0.302. The fourth-order valence-electron chi connectivity index (χ4n) is 1.53. The molecule has 0 bridgehead atoms. The third-order valence-corrected chi connectivity index (χ3v) is 2.24. The zero-order valence-electron chi connectivity index (χ0n) is 8.92. The van der Waals surface area contributed by atoms with E-state index in [0.717, 1.165) is 6.29 Å². The van der Waals surface area contributed by atoms with Crippen molar-refractivity contribution >= 4 is 6.29 Å². The molecular formula is C9H15N3O3. The molecule has 1 aliphatic rings. The summed E-state index contributed by atoms with van der Waals surface area (Å²) in [7, 11) is 0. The molecule has 1 fully saturated rings. The average molecular weight is 213 g/mol. The van der Waals surface area contributed by atoms with E-state index in [1.807, 2.05) is 0 Å². The van der Waals surface area contributed by atoms with Crippen molar-refractivity contribution < 1.29 is 14.3 Å². The van der Waals surface area contributed by atoms with E-state index in [1.165, 1.54) is 0 Å².